The smallest absolute Gasteiger partial charge is 0.322 e. The van der Waals surface area contributed by atoms with Gasteiger partial charge in [0.05, 0.1) is 0 Å². The highest BCUT2D eigenvalue weighted by atomic mass is 16.5. The van der Waals surface area contributed by atoms with Crippen molar-refractivity contribution < 1.29 is 24.2 Å². The Morgan fingerprint density at radius 2 is 1.22 bits per heavy atom. The van der Waals surface area contributed by atoms with Crippen molar-refractivity contribution in [3.63, 3.8) is 0 Å². The van der Waals surface area contributed by atoms with Crippen LogP contribution >= 0.6 is 0 Å². The maximum atomic E-state index is 12.4. The fourth-order valence-electron chi connectivity index (χ4n) is 4.36. The number of unbranched alkanes of at least 4 members (excludes halogenated alkanes) is 16. The zero-order chi connectivity index (χ0) is 27.4. The van der Waals surface area contributed by atoms with Gasteiger partial charge in [-0.25, -0.2) is 0 Å². The highest BCUT2D eigenvalue weighted by molar-refractivity contribution is 5.80. The first-order valence-corrected chi connectivity index (χ1v) is 15.3. The van der Waals surface area contributed by atoms with E-state index in [0.29, 0.717) is 12.8 Å². The summed E-state index contributed by atoms with van der Waals surface area (Å²) in [5.74, 6) is -1.33. The zero-order valence-corrected chi connectivity index (χ0v) is 24.1. The Bertz CT molecular complexity index is 590. The van der Waals surface area contributed by atoms with Crippen LogP contribution in [0, 0.1) is 0 Å². The summed E-state index contributed by atoms with van der Waals surface area (Å²) in [7, 11) is 0. The molecular formula is C31H57NO5. The van der Waals surface area contributed by atoms with Gasteiger partial charge in [0, 0.05) is 12.8 Å². The maximum Gasteiger partial charge on any atom is 0.322 e. The molecule has 1 unspecified atom stereocenters. The van der Waals surface area contributed by atoms with E-state index in [-0.39, 0.29) is 24.5 Å². The van der Waals surface area contributed by atoms with Crippen molar-refractivity contribution >= 4 is 17.8 Å². The second-order valence-corrected chi connectivity index (χ2v) is 10.4. The third-order valence-electron chi connectivity index (χ3n) is 6.67. The van der Waals surface area contributed by atoms with Crippen molar-refractivity contribution in [3.05, 3.63) is 12.2 Å². The SMILES string of the molecule is CCCCCCCC/C=C\C(CCCCCCC(=O)NCC(=O)O)OC(=O)CCCCCCCCCC. The minimum atomic E-state index is -1.03. The molecule has 0 aromatic carbocycles. The molecule has 1 atom stereocenters. The lowest BCUT2D eigenvalue weighted by Gasteiger charge is -2.15. The van der Waals surface area contributed by atoms with Crippen LogP contribution in [0.1, 0.15) is 155 Å². The molecule has 2 N–H and O–H groups in total. The standard InChI is InChI=1S/C31H57NO5/c1-3-5-7-9-11-13-15-19-23-28(24-20-17-18-21-25-29(33)32-27-30(34)35)37-31(36)26-22-16-14-12-10-8-6-4-2/h19,23,28H,3-18,20-22,24-27H2,1-2H3,(H,32,33)(H,34,35)/b23-19-. The molecule has 6 heteroatoms. The quantitative estimate of drug-likeness (QED) is 0.0642. The van der Waals surface area contributed by atoms with Crippen LogP contribution in [0.15, 0.2) is 12.2 Å². The van der Waals surface area contributed by atoms with Crippen molar-refractivity contribution in [2.24, 2.45) is 0 Å². The number of hydrogen-bond donors (Lipinski definition) is 2. The van der Waals surface area contributed by atoms with Crippen LogP contribution in [0.25, 0.3) is 0 Å². The summed E-state index contributed by atoms with van der Waals surface area (Å²) in [5, 5.41) is 11.0. The molecule has 0 spiro atoms. The number of carbonyl (C=O) groups is 3. The number of carbonyl (C=O) groups excluding carboxylic acids is 2. The number of allylic oxidation sites excluding steroid dienone is 1. The molecule has 0 heterocycles. The van der Waals surface area contributed by atoms with Gasteiger partial charge in [-0.2, -0.15) is 0 Å². The topological polar surface area (TPSA) is 92.7 Å². The molecule has 0 aliphatic rings. The van der Waals surface area contributed by atoms with E-state index in [2.05, 4.69) is 31.3 Å². The molecule has 0 radical (unpaired) electrons. The third kappa shape index (κ3) is 27.0. The van der Waals surface area contributed by atoms with E-state index in [1.807, 2.05) is 0 Å². The van der Waals surface area contributed by atoms with Crippen LogP contribution in [0.2, 0.25) is 0 Å². The van der Waals surface area contributed by atoms with Gasteiger partial charge in [-0.15, -0.1) is 0 Å². The minimum absolute atomic E-state index is 0.0877. The van der Waals surface area contributed by atoms with Crippen LogP contribution in [0.5, 0.6) is 0 Å². The average Bonchev–Trinajstić information content (AvgIpc) is 2.87. The van der Waals surface area contributed by atoms with E-state index >= 15 is 0 Å². The van der Waals surface area contributed by atoms with E-state index in [1.54, 1.807) is 0 Å². The van der Waals surface area contributed by atoms with E-state index in [1.165, 1.54) is 77.0 Å². The Morgan fingerprint density at radius 3 is 1.81 bits per heavy atom. The molecule has 0 aromatic rings. The number of aliphatic carboxylic acids is 1. The number of ether oxygens (including phenoxy) is 1. The molecule has 0 rings (SSSR count). The van der Waals surface area contributed by atoms with Crippen LogP contribution in [-0.2, 0) is 19.1 Å². The second kappa shape index (κ2) is 27.2. The molecule has 37 heavy (non-hydrogen) atoms. The molecule has 216 valence electrons. The molecular weight excluding hydrogens is 466 g/mol. The van der Waals surface area contributed by atoms with Crippen LogP contribution < -0.4 is 5.32 Å². The monoisotopic (exact) mass is 523 g/mol. The van der Waals surface area contributed by atoms with E-state index in [0.717, 1.165) is 51.4 Å². The summed E-state index contributed by atoms with van der Waals surface area (Å²) in [6.07, 6.45) is 27.7. The molecule has 1 amide bonds. The summed E-state index contributed by atoms with van der Waals surface area (Å²) >= 11 is 0. The van der Waals surface area contributed by atoms with Gasteiger partial charge in [0.2, 0.25) is 5.91 Å². The van der Waals surface area contributed by atoms with E-state index in [9.17, 15) is 14.4 Å². The first-order valence-electron chi connectivity index (χ1n) is 15.3. The highest BCUT2D eigenvalue weighted by Gasteiger charge is 2.12. The molecule has 0 bridgehead atoms. The van der Waals surface area contributed by atoms with Gasteiger partial charge >= 0.3 is 11.9 Å². The normalized spacial score (nSPS) is 12.1. The van der Waals surface area contributed by atoms with Gasteiger partial charge in [-0.3, -0.25) is 14.4 Å². The Kier molecular flexibility index (Phi) is 25.8. The Labute approximate surface area is 227 Å². The van der Waals surface area contributed by atoms with Gasteiger partial charge in [-0.05, 0) is 44.6 Å². The molecule has 0 saturated carbocycles. The molecule has 0 aliphatic heterocycles. The largest absolute Gasteiger partial charge is 0.480 e. The van der Waals surface area contributed by atoms with Gasteiger partial charge in [0.25, 0.3) is 0 Å². The number of nitrogens with one attached hydrogen (secondary N) is 1. The van der Waals surface area contributed by atoms with Crippen LogP contribution in [-0.4, -0.2) is 35.6 Å². The van der Waals surface area contributed by atoms with Crippen molar-refractivity contribution in [1.29, 1.82) is 0 Å². The molecule has 0 aliphatic carbocycles. The second-order valence-electron chi connectivity index (χ2n) is 10.4. The van der Waals surface area contributed by atoms with E-state index in [4.69, 9.17) is 9.84 Å². The predicted octanol–water partition coefficient (Wildman–Crippen LogP) is 8.28. The molecule has 0 fully saturated rings. The van der Waals surface area contributed by atoms with Crippen molar-refractivity contribution in [2.45, 2.75) is 161 Å². The molecule has 6 nitrogen and oxygen atoms in total. The van der Waals surface area contributed by atoms with Crippen molar-refractivity contribution in [2.75, 3.05) is 6.54 Å². The van der Waals surface area contributed by atoms with Crippen LogP contribution in [0.3, 0.4) is 0 Å². The first-order chi connectivity index (χ1) is 18.0. The summed E-state index contributed by atoms with van der Waals surface area (Å²) < 4.78 is 5.82. The molecule has 0 saturated heterocycles. The van der Waals surface area contributed by atoms with Gasteiger partial charge < -0.3 is 15.2 Å². The van der Waals surface area contributed by atoms with Gasteiger partial charge in [0.1, 0.15) is 12.6 Å². The van der Waals surface area contributed by atoms with Crippen molar-refractivity contribution in [1.82, 2.24) is 5.32 Å². The van der Waals surface area contributed by atoms with Gasteiger partial charge in [-0.1, -0.05) is 110 Å². The number of esters is 1. The lowest BCUT2D eigenvalue weighted by Crippen LogP contribution is -2.28. The average molecular weight is 524 g/mol. The first kappa shape index (κ1) is 35.2. The predicted molar refractivity (Wildman–Crippen MR) is 153 cm³/mol. The lowest BCUT2D eigenvalue weighted by atomic mass is 10.1. The zero-order valence-electron chi connectivity index (χ0n) is 24.1. The number of rotatable bonds is 27. The Hall–Kier alpha value is -1.85. The highest BCUT2D eigenvalue weighted by Crippen LogP contribution is 2.15. The van der Waals surface area contributed by atoms with Gasteiger partial charge in [0.15, 0.2) is 0 Å². The fourth-order valence-corrected chi connectivity index (χ4v) is 4.36. The summed E-state index contributed by atoms with van der Waals surface area (Å²) in [6, 6.07) is 0. The van der Waals surface area contributed by atoms with Crippen LogP contribution in [0.4, 0.5) is 0 Å². The van der Waals surface area contributed by atoms with Crippen molar-refractivity contribution in [3.8, 4) is 0 Å². The maximum absolute atomic E-state index is 12.4. The summed E-state index contributed by atoms with van der Waals surface area (Å²) in [5.41, 5.74) is 0. The fraction of sp³-hybridized carbons (Fsp3) is 0.839. The lowest BCUT2D eigenvalue weighted by molar-refractivity contribution is -0.147. The Balaban J connectivity index is 4.24. The minimum Gasteiger partial charge on any atom is -0.480 e. The Morgan fingerprint density at radius 1 is 0.703 bits per heavy atom. The summed E-state index contributed by atoms with van der Waals surface area (Å²) in [6.45, 7) is 4.14. The number of hydrogen-bond acceptors (Lipinski definition) is 4. The van der Waals surface area contributed by atoms with E-state index < -0.39 is 5.97 Å². The number of amides is 1. The molecule has 0 aromatic heterocycles. The summed E-state index contributed by atoms with van der Waals surface area (Å²) in [4.78, 5) is 34.5. The third-order valence-corrected chi connectivity index (χ3v) is 6.67. The number of carboxylic acids is 1. The number of carboxylic acid groups (broad SMARTS) is 1.